The summed E-state index contributed by atoms with van der Waals surface area (Å²) in [4.78, 5) is 25.4. The number of aromatic nitrogens is 4. The zero-order valence-electron chi connectivity index (χ0n) is 15.5. The van der Waals surface area contributed by atoms with E-state index in [-0.39, 0.29) is 6.03 Å². The molecule has 4 aromatic rings. The number of nitrogens with one attached hydrogen (secondary N) is 2. The Balaban J connectivity index is 1.42. The van der Waals surface area contributed by atoms with Crippen LogP contribution in [-0.4, -0.2) is 32.1 Å². The van der Waals surface area contributed by atoms with Gasteiger partial charge in [-0.2, -0.15) is 0 Å². The van der Waals surface area contributed by atoms with Crippen LogP contribution >= 0.6 is 11.6 Å². The first-order valence-corrected chi connectivity index (χ1v) is 9.61. The van der Waals surface area contributed by atoms with Gasteiger partial charge in [0.2, 0.25) is 0 Å². The molecule has 146 valence electrons. The molecule has 0 fully saturated rings. The molecule has 3 heterocycles. The van der Waals surface area contributed by atoms with E-state index in [0.717, 1.165) is 29.0 Å². The summed E-state index contributed by atoms with van der Waals surface area (Å²) in [5.74, 6) is 0.835. The second-order valence-electron chi connectivity index (χ2n) is 6.38. The number of pyridine rings is 2. The Kier molecular flexibility index (Phi) is 5.67. The van der Waals surface area contributed by atoms with Gasteiger partial charge in [0.1, 0.15) is 11.3 Å². The highest BCUT2D eigenvalue weighted by molar-refractivity contribution is 6.33. The molecule has 0 bridgehead atoms. The van der Waals surface area contributed by atoms with Gasteiger partial charge in [-0.05, 0) is 42.8 Å². The van der Waals surface area contributed by atoms with Gasteiger partial charge in [0, 0.05) is 37.2 Å². The molecule has 2 amide bonds. The van der Waals surface area contributed by atoms with Crippen molar-refractivity contribution in [1.29, 1.82) is 0 Å². The molecule has 4 rings (SSSR count). The number of hydrogen-bond acceptors (Lipinski definition) is 4. The van der Waals surface area contributed by atoms with E-state index in [9.17, 15) is 4.79 Å². The second kappa shape index (κ2) is 8.70. The lowest BCUT2D eigenvalue weighted by Gasteiger charge is -2.11. The Morgan fingerprint density at radius 3 is 2.69 bits per heavy atom. The van der Waals surface area contributed by atoms with Crippen molar-refractivity contribution in [2.24, 2.45) is 0 Å². The van der Waals surface area contributed by atoms with Crippen molar-refractivity contribution in [3.8, 4) is 11.4 Å². The van der Waals surface area contributed by atoms with Gasteiger partial charge in [0.25, 0.3) is 0 Å². The van der Waals surface area contributed by atoms with Gasteiger partial charge in [0.05, 0.1) is 10.7 Å². The highest BCUT2D eigenvalue weighted by Gasteiger charge is 2.13. The van der Waals surface area contributed by atoms with Crippen LogP contribution in [0.25, 0.3) is 22.6 Å². The summed E-state index contributed by atoms with van der Waals surface area (Å²) >= 11 is 6.06. The third-order valence-corrected chi connectivity index (χ3v) is 4.74. The Hall–Kier alpha value is -3.45. The Morgan fingerprint density at radius 2 is 1.86 bits per heavy atom. The maximum absolute atomic E-state index is 12.1. The van der Waals surface area contributed by atoms with Crippen molar-refractivity contribution in [2.45, 2.75) is 13.0 Å². The van der Waals surface area contributed by atoms with E-state index >= 15 is 0 Å². The van der Waals surface area contributed by atoms with Crippen LogP contribution in [0.2, 0.25) is 5.02 Å². The van der Waals surface area contributed by atoms with Crippen molar-refractivity contribution in [1.82, 2.24) is 24.8 Å². The third kappa shape index (κ3) is 4.35. The molecule has 0 atom stereocenters. The molecule has 0 spiro atoms. The SMILES string of the molecule is O=C(NCCCn1c(-c2ccncc2)nc2cccnc21)Nc1ccccc1Cl. The molecule has 3 aromatic heterocycles. The van der Waals surface area contributed by atoms with E-state index < -0.39 is 0 Å². The van der Waals surface area contributed by atoms with Gasteiger partial charge in [-0.1, -0.05) is 23.7 Å². The molecule has 0 unspecified atom stereocenters. The molecule has 0 radical (unpaired) electrons. The number of imidazole rings is 1. The van der Waals surface area contributed by atoms with Crippen LogP contribution in [0.1, 0.15) is 6.42 Å². The lowest BCUT2D eigenvalue weighted by Crippen LogP contribution is -2.30. The fourth-order valence-corrected chi connectivity index (χ4v) is 3.24. The Labute approximate surface area is 172 Å². The molecule has 29 heavy (non-hydrogen) atoms. The van der Waals surface area contributed by atoms with E-state index in [4.69, 9.17) is 16.6 Å². The van der Waals surface area contributed by atoms with Gasteiger partial charge >= 0.3 is 6.03 Å². The van der Waals surface area contributed by atoms with Gasteiger partial charge in [-0.3, -0.25) is 4.98 Å². The number of anilines is 1. The molecule has 0 aliphatic rings. The fraction of sp³-hybridized carbons (Fsp3) is 0.143. The first-order valence-electron chi connectivity index (χ1n) is 9.23. The standard InChI is InChI=1S/C21H19ClN6O/c22-16-5-1-2-6-17(16)27-21(29)25-11-4-14-28-19(15-8-12-23-13-9-15)26-18-7-3-10-24-20(18)28/h1-3,5-10,12-13H,4,11,14H2,(H2,25,27,29). The van der Waals surface area contributed by atoms with Crippen molar-refractivity contribution in [3.05, 3.63) is 72.1 Å². The minimum absolute atomic E-state index is 0.291. The van der Waals surface area contributed by atoms with Crippen LogP contribution in [0, 0.1) is 0 Å². The first kappa shape index (κ1) is 18.9. The molecule has 2 N–H and O–H groups in total. The normalized spacial score (nSPS) is 10.8. The second-order valence-corrected chi connectivity index (χ2v) is 6.79. The average Bonchev–Trinajstić information content (AvgIpc) is 3.12. The van der Waals surface area contributed by atoms with E-state index in [1.54, 1.807) is 30.7 Å². The summed E-state index contributed by atoms with van der Waals surface area (Å²) in [6.07, 6.45) is 5.96. The largest absolute Gasteiger partial charge is 0.338 e. The number of aryl methyl sites for hydroxylation is 1. The molecule has 0 aliphatic heterocycles. The zero-order chi connectivity index (χ0) is 20.1. The summed E-state index contributed by atoms with van der Waals surface area (Å²) in [6, 6.07) is 14.5. The number of amides is 2. The first-order chi connectivity index (χ1) is 14.2. The smallest absolute Gasteiger partial charge is 0.319 e. The number of hydrogen-bond donors (Lipinski definition) is 2. The summed E-state index contributed by atoms with van der Waals surface area (Å²) < 4.78 is 2.07. The van der Waals surface area contributed by atoms with E-state index in [0.29, 0.717) is 23.8 Å². The Morgan fingerprint density at radius 1 is 1.03 bits per heavy atom. The van der Waals surface area contributed by atoms with Gasteiger partial charge < -0.3 is 15.2 Å². The highest BCUT2D eigenvalue weighted by atomic mass is 35.5. The van der Waals surface area contributed by atoms with Crippen LogP contribution in [-0.2, 0) is 6.54 Å². The minimum atomic E-state index is -0.291. The summed E-state index contributed by atoms with van der Waals surface area (Å²) in [5, 5.41) is 6.11. The van der Waals surface area contributed by atoms with Crippen LogP contribution in [0.4, 0.5) is 10.5 Å². The quantitative estimate of drug-likeness (QED) is 0.466. The van der Waals surface area contributed by atoms with Gasteiger partial charge in [-0.25, -0.2) is 14.8 Å². The number of carbonyl (C=O) groups is 1. The van der Waals surface area contributed by atoms with Crippen LogP contribution in [0.15, 0.2) is 67.1 Å². The highest BCUT2D eigenvalue weighted by Crippen LogP contribution is 2.23. The van der Waals surface area contributed by atoms with Crippen molar-refractivity contribution >= 4 is 34.5 Å². The lowest BCUT2D eigenvalue weighted by atomic mass is 10.2. The number of carbonyl (C=O) groups excluding carboxylic acids is 1. The molecule has 8 heteroatoms. The number of benzene rings is 1. The lowest BCUT2D eigenvalue weighted by molar-refractivity contribution is 0.252. The maximum atomic E-state index is 12.1. The van der Waals surface area contributed by atoms with Crippen LogP contribution < -0.4 is 10.6 Å². The molecular weight excluding hydrogens is 388 g/mol. The summed E-state index contributed by atoms with van der Waals surface area (Å²) in [7, 11) is 0. The number of urea groups is 1. The molecule has 7 nitrogen and oxygen atoms in total. The molecular formula is C21H19ClN6O. The number of para-hydroxylation sites is 1. The molecule has 0 saturated heterocycles. The van der Waals surface area contributed by atoms with Gasteiger partial charge in [-0.15, -0.1) is 0 Å². The monoisotopic (exact) mass is 406 g/mol. The van der Waals surface area contributed by atoms with Crippen LogP contribution in [0.5, 0.6) is 0 Å². The van der Waals surface area contributed by atoms with E-state index in [1.165, 1.54) is 0 Å². The fourth-order valence-electron chi connectivity index (χ4n) is 3.06. The third-order valence-electron chi connectivity index (χ3n) is 4.41. The van der Waals surface area contributed by atoms with Gasteiger partial charge in [0.15, 0.2) is 5.65 Å². The molecule has 1 aromatic carbocycles. The van der Waals surface area contributed by atoms with Crippen molar-refractivity contribution in [3.63, 3.8) is 0 Å². The summed E-state index contributed by atoms with van der Waals surface area (Å²) in [5.41, 5.74) is 3.21. The molecule has 0 saturated carbocycles. The predicted molar refractivity (Wildman–Crippen MR) is 114 cm³/mol. The number of fused-ring (bicyclic) bond motifs is 1. The van der Waals surface area contributed by atoms with Crippen LogP contribution in [0.3, 0.4) is 0 Å². The zero-order valence-corrected chi connectivity index (χ0v) is 16.3. The average molecular weight is 407 g/mol. The maximum Gasteiger partial charge on any atom is 0.319 e. The van der Waals surface area contributed by atoms with Crippen molar-refractivity contribution < 1.29 is 4.79 Å². The van der Waals surface area contributed by atoms with E-state index in [1.807, 2.05) is 36.4 Å². The predicted octanol–water partition coefficient (Wildman–Crippen LogP) is 4.36. The number of halogens is 1. The topological polar surface area (TPSA) is 84.7 Å². The molecule has 0 aliphatic carbocycles. The Bertz CT molecular complexity index is 1130. The number of nitrogens with zero attached hydrogens (tertiary/aromatic N) is 4. The minimum Gasteiger partial charge on any atom is -0.338 e. The summed E-state index contributed by atoms with van der Waals surface area (Å²) in [6.45, 7) is 1.16. The van der Waals surface area contributed by atoms with Crippen molar-refractivity contribution in [2.75, 3.05) is 11.9 Å². The number of rotatable bonds is 6. The van der Waals surface area contributed by atoms with E-state index in [2.05, 4.69) is 25.2 Å².